The summed E-state index contributed by atoms with van der Waals surface area (Å²) < 4.78 is 0. The third-order valence-corrected chi connectivity index (χ3v) is 3.33. The van der Waals surface area contributed by atoms with Crippen molar-refractivity contribution in [3.63, 3.8) is 0 Å². The van der Waals surface area contributed by atoms with Crippen molar-refractivity contribution in [2.45, 2.75) is 32.8 Å². The molecule has 0 N–H and O–H groups in total. The first-order valence-electron chi connectivity index (χ1n) is 7.08. The van der Waals surface area contributed by atoms with E-state index in [2.05, 4.69) is 19.0 Å². The monoisotopic (exact) mass is 274 g/mol. The molecule has 0 saturated heterocycles. The maximum absolute atomic E-state index is 11.9. The molecule has 1 atom stereocenters. The number of nitrogens with zero attached hydrogens (tertiary/aromatic N) is 2. The van der Waals surface area contributed by atoms with Crippen LogP contribution in [0.3, 0.4) is 0 Å². The molecule has 1 aromatic rings. The number of amides is 1. The molecule has 20 heavy (non-hydrogen) atoms. The summed E-state index contributed by atoms with van der Waals surface area (Å²) in [4.78, 5) is 19.1. The smallest absolute Gasteiger partial charge is 0.222 e. The highest BCUT2D eigenvalue weighted by Crippen LogP contribution is 2.17. The number of hydrogen-bond acceptors (Lipinski definition) is 3. The molecule has 1 aliphatic rings. The SMILES string of the molecule is CC(C)CC(=O)N(C)C[C@@H]1CC(c2ccccc2)=NO1. The predicted molar refractivity (Wildman–Crippen MR) is 79.6 cm³/mol. The molecular weight excluding hydrogens is 252 g/mol. The number of rotatable bonds is 5. The van der Waals surface area contributed by atoms with Gasteiger partial charge in [-0.25, -0.2) is 0 Å². The van der Waals surface area contributed by atoms with Gasteiger partial charge in [-0.3, -0.25) is 4.79 Å². The zero-order valence-corrected chi connectivity index (χ0v) is 12.4. The molecule has 1 amide bonds. The molecule has 2 rings (SSSR count). The van der Waals surface area contributed by atoms with Crippen molar-refractivity contribution in [1.29, 1.82) is 0 Å². The predicted octanol–water partition coefficient (Wildman–Crippen LogP) is 2.68. The van der Waals surface area contributed by atoms with Gasteiger partial charge in [0.25, 0.3) is 0 Å². The van der Waals surface area contributed by atoms with Gasteiger partial charge in [0.05, 0.1) is 12.3 Å². The Bertz CT molecular complexity index is 483. The highest BCUT2D eigenvalue weighted by Gasteiger charge is 2.25. The van der Waals surface area contributed by atoms with Crippen molar-refractivity contribution in [2.75, 3.05) is 13.6 Å². The van der Waals surface area contributed by atoms with E-state index in [4.69, 9.17) is 4.84 Å². The molecule has 0 aliphatic carbocycles. The topological polar surface area (TPSA) is 41.9 Å². The summed E-state index contributed by atoms with van der Waals surface area (Å²) in [6.07, 6.45) is 1.30. The average molecular weight is 274 g/mol. The van der Waals surface area contributed by atoms with Crippen LogP contribution in [-0.4, -0.2) is 36.2 Å². The zero-order valence-electron chi connectivity index (χ0n) is 12.4. The van der Waals surface area contributed by atoms with Crippen LogP contribution in [-0.2, 0) is 9.63 Å². The second-order valence-electron chi connectivity index (χ2n) is 5.71. The molecule has 4 heteroatoms. The summed E-state index contributed by atoms with van der Waals surface area (Å²) in [6.45, 7) is 4.69. The lowest BCUT2D eigenvalue weighted by Crippen LogP contribution is -2.35. The van der Waals surface area contributed by atoms with Gasteiger partial charge in [0.1, 0.15) is 0 Å². The summed E-state index contributed by atoms with van der Waals surface area (Å²) >= 11 is 0. The quantitative estimate of drug-likeness (QED) is 0.828. The molecule has 1 aliphatic heterocycles. The molecule has 0 bridgehead atoms. The van der Waals surface area contributed by atoms with E-state index in [0.717, 1.165) is 17.7 Å². The van der Waals surface area contributed by atoms with Crippen molar-refractivity contribution in [3.8, 4) is 0 Å². The van der Waals surface area contributed by atoms with Gasteiger partial charge in [-0.1, -0.05) is 49.3 Å². The first kappa shape index (κ1) is 14.6. The summed E-state index contributed by atoms with van der Waals surface area (Å²) in [5.74, 6) is 0.544. The third-order valence-electron chi connectivity index (χ3n) is 3.33. The molecule has 0 radical (unpaired) electrons. The molecule has 0 unspecified atom stereocenters. The van der Waals surface area contributed by atoms with Crippen molar-refractivity contribution < 1.29 is 9.63 Å². The fraction of sp³-hybridized carbons (Fsp3) is 0.500. The van der Waals surface area contributed by atoms with E-state index >= 15 is 0 Å². The van der Waals surface area contributed by atoms with Crippen molar-refractivity contribution >= 4 is 11.6 Å². The highest BCUT2D eigenvalue weighted by atomic mass is 16.6. The number of likely N-dealkylation sites (N-methyl/N-ethyl adjacent to an activating group) is 1. The van der Waals surface area contributed by atoms with Crippen LogP contribution in [0.4, 0.5) is 0 Å². The second kappa shape index (κ2) is 6.55. The van der Waals surface area contributed by atoms with Gasteiger partial charge in [-0.15, -0.1) is 0 Å². The largest absolute Gasteiger partial charge is 0.390 e. The van der Waals surface area contributed by atoms with Gasteiger partial charge in [0, 0.05) is 19.9 Å². The standard InChI is InChI=1S/C16H22N2O2/c1-12(2)9-16(19)18(3)11-14-10-15(17-20-14)13-7-5-4-6-8-13/h4-8,12,14H,9-11H2,1-3H3/t14-/m0/s1. The van der Waals surface area contributed by atoms with Crippen molar-refractivity contribution in [2.24, 2.45) is 11.1 Å². The van der Waals surface area contributed by atoms with E-state index in [-0.39, 0.29) is 12.0 Å². The van der Waals surface area contributed by atoms with Crippen LogP contribution in [0.2, 0.25) is 0 Å². The van der Waals surface area contributed by atoms with Crippen LogP contribution in [0.15, 0.2) is 35.5 Å². The lowest BCUT2D eigenvalue weighted by molar-refractivity contribution is -0.132. The molecule has 0 fully saturated rings. The van der Waals surface area contributed by atoms with Crippen LogP contribution in [0.1, 0.15) is 32.3 Å². The minimum atomic E-state index is -0.0358. The summed E-state index contributed by atoms with van der Waals surface area (Å²) in [6, 6.07) is 10.0. The molecule has 1 heterocycles. The zero-order chi connectivity index (χ0) is 14.5. The summed E-state index contributed by atoms with van der Waals surface area (Å²) in [7, 11) is 1.83. The minimum absolute atomic E-state index is 0.0358. The number of carbonyl (C=O) groups excluding carboxylic acids is 1. The molecule has 0 spiro atoms. The molecular formula is C16H22N2O2. The van der Waals surface area contributed by atoms with Crippen molar-refractivity contribution in [1.82, 2.24) is 4.90 Å². The maximum Gasteiger partial charge on any atom is 0.222 e. The Balaban J connectivity index is 1.85. The first-order chi connectivity index (χ1) is 9.56. The number of benzene rings is 1. The molecule has 0 saturated carbocycles. The average Bonchev–Trinajstić information content (AvgIpc) is 2.87. The van der Waals surface area contributed by atoms with Gasteiger partial charge in [-0.05, 0) is 11.5 Å². The van der Waals surface area contributed by atoms with Crippen LogP contribution < -0.4 is 0 Å². The maximum atomic E-state index is 11.9. The van der Waals surface area contributed by atoms with Crippen LogP contribution in [0.25, 0.3) is 0 Å². The summed E-state index contributed by atoms with van der Waals surface area (Å²) in [5.41, 5.74) is 2.05. The molecule has 108 valence electrons. The Labute approximate surface area is 120 Å². The molecule has 4 nitrogen and oxygen atoms in total. The van der Waals surface area contributed by atoms with Gasteiger partial charge in [-0.2, -0.15) is 0 Å². The Kier molecular flexibility index (Phi) is 4.77. The molecule has 0 aromatic heterocycles. The van der Waals surface area contributed by atoms with Crippen molar-refractivity contribution in [3.05, 3.63) is 35.9 Å². The molecule has 1 aromatic carbocycles. The highest BCUT2D eigenvalue weighted by molar-refractivity contribution is 6.01. The fourth-order valence-corrected chi connectivity index (χ4v) is 2.24. The van der Waals surface area contributed by atoms with Crippen LogP contribution >= 0.6 is 0 Å². The Morgan fingerprint density at radius 1 is 1.40 bits per heavy atom. The lowest BCUT2D eigenvalue weighted by atomic mass is 10.0. The van der Waals surface area contributed by atoms with E-state index in [1.54, 1.807) is 4.90 Å². The van der Waals surface area contributed by atoms with Crippen LogP contribution in [0.5, 0.6) is 0 Å². The van der Waals surface area contributed by atoms with E-state index in [0.29, 0.717) is 18.9 Å². The first-order valence-corrected chi connectivity index (χ1v) is 7.08. The van der Waals surface area contributed by atoms with E-state index < -0.39 is 0 Å². The van der Waals surface area contributed by atoms with Gasteiger partial charge < -0.3 is 9.74 Å². The number of oxime groups is 1. The number of carbonyl (C=O) groups is 1. The van der Waals surface area contributed by atoms with E-state index in [1.807, 2.05) is 37.4 Å². The minimum Gasteiger partial charge on any atom is -0.390 e. The van der Waals surface area contributed by atoms with Gasteiger partial charge in [0.15, 0.2) is 6.10 Å². The van der Waals surface area contributed by atoms with Gasteiger partial charge >= 0.3 is 0 Å². The third kappa shape index (κ3) is 3.83. The van der Waals surface area contributed by atoms with E-state index in [1.165, 1.54) is 0 Å². The van der Waals surface area contributed by atoms with Gasteiger partial charge in [0.2, 0.25) is 5.91 Å². The van der Waals surface area contributed by atoms with Crippen LogP contribution in [0, 0.1) is 5.92 Å². The Morgan fingerprint density at radius 2 is 2.10 bits per heavy atom. The Morgan fingerprint density at radius 3 is 2.75 bits per heavy atom. The second-order valence-corrected chi connectivity index (χ2v) is 5.71. The summed E-state index contributed by atoms with van der Waals surface area (Å²) in [5, 5.41) is 4.14. The normalized spacial score (nSPS) is 17.8. The Hall–Kier alpha value is -1.84. The number of hydrogen-bond donors (Lipinski definition) is 0. The lowest BCUT2D eigenvalue weighted by Gasteiger charge is -2.20. The fourth-order valence-electron chi connectivity index (χ4n) is 2.24. The van der Waals surface area contributed by atoms with E-state index in [9.17, 15) is 4.79 Å².